The summed E-state index contributed by atoms with van der Waals surface area (Å²) in [5.41, 5.74) is -0.582. The molecule has 0 aromatic heterocycles. The van der Waals surface area contributed by atoms with Gasteiger partial charge in [-0.1, -0.05) is 0 Å². The Morgan fingerprint density at radius 1 is 1.48 bits per heavy atom. The smallest absolute Gasteiger partial charge is 0.324 e. The molecule has 0 saturated heterocycles. The first-order valence-electron chi connectivity index (χ1n) is 6.49. The number of benzene rings is 1. The van der Waals surface area contributed by atoms with Gasteiger partial charge in [0.05, 0.1) is 16.5 Å². The molecule has 1 atom stereocenters. The van der Waals surface area contributed by atoms with Crippen LogP contribution in [-0.2, 0) is 14.8 Å². The lowest BCUT2D eigenvalue weighted by molar-refractivity contribution is -0.144. The summed E-state index contributed by atoms with van der Waals surface area (Å²) in [6, 6.07) is 6.05. The summed E-state index contributed by atoms with van der Waals surface area (Å²) >= 11 is 0. The molecule has 1 aliphatic carbocycles. The van der Waals surface area contributed by atoms with E-state index in [1.807, 2.05) is 6.07 Å². The third kappa shape index (κ3) is 2.91. The lowest BCUT2D eigenvalue weighted by Gasteiger charge is -2.25. The fourth-order valence-electron chi connectivity index (χ4n) is 2.23. The van der Waals surface area contributed by atoms with Crippen molar-refractivity contribution in [3.8, 4) is 6.07 Å². The zero-order valence-corrected chi connectivity index (χ0v) is 12.6. The van der Waals surface area contributed by atoms with E-state index >= 15 is 0 Å². The topological polar surface area (TPSA) is 107 Å². The van der Waals surface area contributed by atoms with E-state index in [0.717, 1.165) is 0 Å². The number of aliphatic carboxylic acids is 1. The first kappa shape index (κ1) is 15.5. The zero-order chi connectivity index (χ0) is 15.8. The monoisotopic (exact) mass is 308 g/mol. The Morgan fingerprint density at radius 2 is 2.10 bits per heavy atom. The Kier molecular flexibility index (Phi) is 3.78. The number of nitriles is 1. The summed E-state index contributed by atoms with van der Waals surface area (Å²) in [6.45, 7) is 3.02. The van der Waals surface area contributed by atoms with Gasteiger partial charge in [0, 0.05) is 0 Å². The molecule has 1 aromatic rings. The van der Waals surface area contributed by atoms with Crippen LogP contribution in [0.3, 0.4) is 0 Å². The standard InChI is InChI=1S/C14H16N2O4S/c1-9-7-12(6-3-10(9)8-15)21(19,20)16-14(2,13(17)18)11-4-5-11/h3,6-7,11,16H,4-5H2,1-2H3,(H,17,18). The number of carbonyl (C=O) groups is 1. The van der Waals surface area contributed by atoms with Crippen LogP contribution >= 0.6 is 0 Å². The molecular formula is C14H16N2O4S. The second-order valence-corrected chi connectivity index (χ2v) is 7.16. The molecule has 0 aliphatic heterocycles. The summed E-state index contributed by atoms with van der Waals surface area (Å²) in [4.78, 5) is 11.4. The maximum Gasteiger partial charge on any atom is 0.324 e. The van der Waals surface area contributed by atoms with Crippen LogP contribution in [0.1, 0.15) is 30.9 Å². The van der Waals surface area contributed by atoms with Crippen LogP contribution in [0.25, 0.3) is 0 Å². The van der Waals surface area contributed by atoms with E-state index in [9.17, 15) is 18.3 Å². The predicted octanol–water partition coefficient (Wildman–Crippen LogP) is 1.40. The second kappa shape index (κ2) is 5.13. The quantitative estimate of drug-likeness (QED) is 0.855. The Hall–Kier alpha value is -1.91. The van der Waals surface area contributed by atoms with Gasteiger partial charge in [-0.2, -0.15) is 9.98 Å². The van der Waals surface area contributed by atoms with Crippen LogP contribution < -0.4 is 4.72 Å². The van der Waals surface area contributed by atoms with E-state index in [4.69, 9.17) is 5.26 Å². The summed E-state index contributed by atoms with van der Waals surface area (Å²) < 4.78 is 27.1. The molecule has 1 fully saturated rings. The van der Waals surface area contributed by atoms with Gasteiger partial charge in [-0.05, 0) is 56.4 Å². The molecule has 1 aliphatic rings. The van der Waals surface area contributed by atoms with Gasteiger partial charge in [0.25, 0.3) is 0 Å². The number of nitrogens with one attached hydrogen (secondary N) is 1. The highest BCUT2D eigenvalue weighted by atomic mass is 32.2. The molecule has 0 radical (unpaired) electrons. The number of rotatable bonds is 5. The maximum absolute atomic E-state index is 12.4. The first-order valence-corrected chi connectivity index (χ1v) is 7.97. The minimum atomic E-state index is -3.96. The van der Waals surface area contributed by atoms with Gasteiger partial charge in [-0.15, -0.1) is 0 Å². The van der Waals surface area contributed by atoms with Crippen molar-refractivity contribution < 1.29 is 18.3 Å². The van der Waals surface area contributed by atoms with Crippen molar-refractivity contribution >= 4 is 16.0 Å². The van der Waals surface area contributed by atoms with E-state index in [1.165, 1.54) is 25.1 Å². The molecule has 112 valence electrons. The molecule has 6 nitrogen and oxygen atoms in total. The maximum atomic E-state index is 12.4. The average molecular weight is 308 g/mol. The summed E-state index contributed by atoms with van der Waals surface area (Å²) in [5, 5.41) is 18.2. The minimum absolute atomic E-state index is 0.0351. The van der Waals surface area contributed by atoms with Crippen molar-refractivity contribution in [2.45, 2.75) is 37.1 Å². The lowest BCUT2D eigenvalue weighted by Crippen LogP contribution is -2.53. The van der Waals surface area contributed by atoms with Gasteiger partial charge in [0.2, 0.25) is 10.0 Å². The van der Waals surface area contributed by atoms with Gasteiger partial charge >= 0.3 is 5.97 Å². The van der Waals surface area contributed by atoms with Crippen LogP contribution in [-0.4, -0.2) is 25.0 Å². The van der Waals surface area contributed by atoms with Crippen LogP contribution in [0.15, 0.2) is 23.1 Å². The van der Waals surface area contributed by atoms with Gasteiger partial charge < -0.3 is 5.11 Å². The number of sulfonamides is 1. The van der Waals surface area contributed by atoms with Crippen LogP contribution in [0, 0.1) is 24.2 Å². The zero-order valence-electron chi connectivity index (χ0n) is 11.8. The molecule has 0 amide bonds. The van der Waals surface area contributed by atoms with Gasteiger partial charge in [0.15, 0.2) is 0 Å². The Morgan fingerprint density at radius 3 is 2.52 bits per heavy atom. The fourth-order valence-corrected chi connectivity index (χ4v) is 3.74. The number of hydrogen-bond acceptors (Lipinski definition) is 4. The van der Waals surface area contributed by atoms with E-state index in [2.05, 4.69) is 4.72 Å². The highest BCUT2D eigenvalue weighted by molar-refractivity contribution is 7.89. The van der Waals surface area contributed by atoms with Crippen LogP contribution in [0.2, 0.25) is 0 Å². The molecule has 1 unspecified atom stereocenters. The SMILES string of the molecule is Cc1cc(S(=O)(=O)NC(C)(C(=O)O)C2CC2)ccc1C#N. The highest BCUT2D eigenvalue weighted by Crippen LogP contribution is 2.40. The third-order valence-corrected chi connectivity index (χ3v) is 5.38. The fraction of sp³-hybridized carbons (Fsp3) is 0.429. The van der Waals surface area contributed by atoms with Crippen LogP contribution in [0.5, 0.6) is 0 Å². The Balaban J connectivity index is 2.36. The van der Waals surface area contributed by atoms with Crippen molar-refractivity contribution in [1.82, 2.24) is 4.72 Å². The molecular weight excluding hydrogens is 292 g/mol. The van der Waals surface area contributed by atoms with Crippen molar-refractivity contribution in [1.29, 1.82) is 5.26 Å². The van der Waals surface area contributed by atoms with Gasteiger partial charge in [-0.3, -0.25) is 4.79 Å². The van der Waals surface area contributed by atoms with Crippen molar-refractivity contribution in [3.05, 3.63) is 29.3 Å². The summed E-state index contributed by atoms with van der Waals surface area (Å²) in [7, 11) is -3.96. The number of carboxylic acid groups (broad SMARTS) is 1. The van der Waals surface area contributed by atoms with Crippen molar-refractivity contribution in [3.63, 3.8) is 0 Å². The average Bonchev–Trinajstić information content (AvgIpc) is 3.22. The number of nitrogens with zero attached hydrogens (tertiary/aromatic N) is 1. The largest absolute Gasteiger partial charge is 0.480 e. The third-order valence-electron chi connectivity index (χ3n) is 3.81. The molecule has 21 heavy (non-hydrogen) atoms. The molecule has 0 heterocycles. The predicted molar refractivity (Wildman–Crippen MR) is 75.0 cm³/mol. The van der Waals surface area contributed by atoms with Crippen molar-refractivity contribution in [2.24, 2.45) is 5.92 Å². The Labute approximate surface area is 123 Å². The minimum Gasteiger partial charge on any atom is -0.480 e. The molecule has 0 spiro atoms. The molecule has 0 bridgehead atoms. The van der Waals surface area contributed by atoms with E-state index in [-0.39, 0.29) is 10.8 Å². The van der Waals surface area contributed by atoms with E-state index < -0.39 is 21.5 Å². The molecule has 1 aromatic carbocycles. The van der Waals surface area contributed by atoms with E-state index in [1.54, 1.807) is 6.92 Å². The number of aryl methyl sites for hydroxylation is 1. The molecule has 1 saturated carbocycles. The molecule has 2 rings (SSSR count). The summed E-state index contributed by atoms with van der Waals surface area (Å²) in [5.74, 6) is -1.37. The lowest BCUT2D eigenvalue weighted by atomic mass is 9.98. The van der Waals surface area contributed by atoms with E-state index in [0.29, 0.717) is 24.0 Å². The highest BCUT2D eigenvalue weighted by Gasteiger charge is 2.50. The second-order valence-electron chi connectivity index (χ2n) is 5.48. The number of carboxylic acids is 1. The van der Waals surface area contributed by atoms with Gasteiger partial charge in [-0.25, -0.2) is 8.42 Å². The van der Waals surface area contributed by atoms with Crippen LogP contribution in [0.4, 0.5) is 0 Å². The normalized spacial score (nSPS) is 17.8. The number of hydrogen-bond donors (Lipinski definition) is 2. The van der Waals surface area contributed by atoms with Crippen molar-refractivity contribution in [2.75, 3.05) is 0 Å². The Bertz CT molecular complexity index is 732. The molecule has 7 heteroatoms. The first-order chi connectivity index (χ1) is 9.70. The summed E-state index contributed by atoms with van der Waals surface area (Å²) in [6.07, 6.45) is 1.38. The van der Waals surface area contributed by atoms with Gasteiger partial charge in [0.1, 0.15) is 5.54 Å². The molecule has 2 N–H and O–H groups in total.